The molecule has 1 saturated heterocycles. The van der Waals surface area contributed by atoms with E-state index in [1.54, 1.807) is 18.2 Å². The molecule has 2 heterocycles. The number of Topliss-reactive ketones (excluding diaryl/α,β-unsaturated/α-hetero) is 1. The Kier molecular flexibility index (Phi) is 7.51. The normalized spacial score (nSPS) is 17.2. The summed E-state index contributed by atoms with van der Waals surface area (Å²) in [4.78, 5) is 52.7. The van der Waals surface area contributed by atoms with Crippen LogP contribution in [0, 0.1) is 6.92 Å². The Balaban J connectivity index is 1.40. The summed E-state index contributed by atoms with van der Waals surface area (Å²) in [5.74, 6) is -0.792. The molecule has 1 aliphatic carbocycles. The number of carbonyl (C=O) groups is 4. The van der Waals surface area contributed by atoms with Crippen LogP contribution in [-0.4, -0.2) is 44.9 Å². The molecule has 0 atom stereocenters. The highest BCUT2D eigenvalue weighted by molar-refractivity contribution is 8.18. The largest absolute Gasteiger partial charge is 0.352 e. The molecule has 8 heteroatoms. The van der Waals surface area contributed by atoms with E-state index in [0.29, 0.717) is 5.56 Å². The molecule has 2 fully saturated rings. The van der Waals surface area contributed by atoms with E-state index in [1.165, 1.54) is 0 Å². The van der Waals surface area contributed by atoms with Gasteiger partial charge in [0.15, 0.2) is 5.78 Å². The maximum absolute atomic E-state index is 13.2. The van der Waals surface area contributed by atoms with Crippen LogP contribution in [0.5, 0.6) is 0 Å². The van der Waals surface area contributed by atoms with E-state index < -0.39 is 11.1 Å². The zero-order chi connectivity index (χ0) is 26.8. The fourth-order valence-electron chi connectivity index (χ4n) is 5.24. The fraction of sp³-hybridized carbons (Fsp3) is 0.333. The minimum atomic E-state index is -0.480. The SMILES string of the molecule is CCc1cccc2c(/C=C3\SC(=O)N(CC(=O)c4ccc(C)cc4)C3=O)cn(CC(=O)NC3CCCC3)c12. The van der Waals surface area contributed by atoms with Gasteiger partial charge >= 0.3 is 0 Å². The summed E-state index contributed by atoms with van der Waals surface area (Å²) in [6.07, 6.45) is 8.71. The van der Waals surface area contributed by atoms with E-state index in [-0.39, 0.29) is 35.7 Å². The zero-order valence-corrected chi connectivity index (χ0v) is 22.5. The summed E-state index contributed by atoms with van der Waals surface area (Å²) in [7, 11) is 0. The number of carbonyl (C=O) groups excluding carboxylic acids is 4. The molecule has 38 heavy (non-hydrogen) atoms. The summed E-state index contributed by atoms with van der Waals surface area (Å²) in [6, 6.07) is 13.3. The predicted molar refractivity (Wildman–Crippen MR) is 150 cm³/mol. The predicted octanol–water partition coefficient (Wildman–Crippen LogP) is 5.49. The molecule has 1 saturated carbocycles. The van der Waals surface area contributed by atoms with Crippen LogP contribution in [0.4, 0.5) is 4.79 Å². The molecule has 3 amide bonds. The van der Waals surface area contributed by atoms with Crippen molar-refractivity contribution in [3.63, 3.8) is 0 Å². The standard InChI is InChI=1S/C30H31N3O4S/c1-3-20-7-6-10-24-22(16-32(28(20)24)18-27(35)31-23-8-4-5-9-23)15-26-29(36)33(30(37)38-26)17-25(34)21-13-11-19(2)12-14-21/h6-7,10-16,23H,3-5,8-9,17-18H2,1-2H3,(H,31,35)/b26-15-. The number of thioether (sulfide) groups is 1. The average molecular weight is 530 g/mol. The van der Waals surface area contributed by atoms with Gasteiger partial charge in [-0.3, -0.25) is 24.1 Å². The van der Waals surface area contributed by atoms with E-state index in [1.807, 2.05) is 48.0 Å². The van der Waals surface area contributed by atoms with Gasteiger partial charge in [0, 0.05) is 28.8 Å². The van der Waals surface area contributed by atoms with E-state index in [0.717, 1.165) is 76.4 Å². The number of para-hydroxylation sites is 1. The molecule has 3 aromatic rings. The second kappa shape index (κ2) is 11.0. The highest BCUT2D eigenvalue weighted by Gasteiger charge is 2.36. The lowest BCUT2D eigenvalue weighted by molar-refractivity contribution is -0.123. The van der Waals surface area contributed by atoms with Crippen molar-refractivity contribution in [2.45, 2.75) is 58.5 Å². The molecular formula is C30H31N3O4S. The number of hydrogen-bond donors (Lipinski definition) is 1. The first-order valence-electron chi connectivity index (χ1n) is 13.1. The Bertz CT molecular complexity index is 1450. The minimum Gasteiger partial charge on any atom is -0.352 e. The smallest absolute Gasteiger partial charge is 0.293 e. The third-order valence-electron chi connectivity index (χ3n) is 7.26. The summed E-state index contributed by atoms with van der Waals surface area (Å²) in [6.45, 7) is 3.89. The first-order chi connectivity index (χ1) is 18.3. The molecule has 2 aromatic carbocycles. The van der Waals surface area contributed by atoms with Gasteiger partial charge in [0.2, 0.25) is 5.91 Å². The van der Waals surface area contributed by atoms with Crippen molar-refractivity contribution in [3.05, 3.63) is 75.8 Å². The summed E-state index contributed by atoms with van der Waals surface area (Å²) < 4.78 is 1.94. The van der Waals surface area contributed by atoms with Crippen molar-refractivity contribution in [2.24, 2.45) is 0 Å². The lowest BCUT2D eigenvalue weighted by Gasteiger charge is -2.13. The average Bonchev–Trinajstić information content (AvgIpc) is 3.60. The molecule has 196 valence electrons. The van der Waals surface area contributed by atoms with Gasteiger partial charge in [-0.15, -0.1) is 0 Å². The molecule has 0 spiro atoms. The number of rotatable bonds is 8. The molecule has 7 nitrogen and oxygen atoms in total. The lowest BCUT2D eigenvalue weighted by atomic mass is 10.1. The molecular weight excluding hydrogens is 498 g/mol. The molecule has 1 aromatic heterocycles. The Labute approximate surface area is 226 Å². The summed E-state index contributed by atoms with van der Waals surface area (Å²) >= 11 is 0.837. The van der Waals surface area contributed by atoms with E-state index in [9.17, 15) is 19.2 Å². The van der Waals surface area contributed by atoms with Gasteiger partial charge in [0.1, 0.15) is 6.54 Å². The number of nitrogens with one attached hydrogen (secondary N) is 1. The molecule has 0 bridgehead atoms. The zero-order valence-electron chi connectivity index (χ0n) is 21.7. The van der Waals surface area contributed by atoms with Crippen LogP contribution in [0.15, 0.2) is 53.6 Å². The molecule has 2 aliphatic rings. The van der Waals surface area contributed by atoms with Crippen LogP contribution in [0.3, 0.4) is 0 Å². The quantitative estimate of drug-likeness (QED) is 0.308. The Morgan fingerprint density at radius 1 is 1.05 bits per heavy atom. The second-order valence-electron chi connectivity index (χ2n) is 9.99. The number of hydrogen-bond acceptors (Lipinski definition) is 5. The van der Waals surface area contributed by atoms with E-state index >= 15 is 0 Å². The Hall–Kier alpha value is -3.65. The molecule has 1 aliphatic heterocycles. The van der Waals surface area contributed by atoms with Crippen LogP contribution < -0.4 is 5.32 Å². The fourth-order valence-corrected chi connectivity index (χ4v) is 6.07. The second-order valence-corrected chi connectivity index (χ2v) is 11.0. The third kappa shape index (κ3) is 5.31. The van der Waals surface area contributed by atoms with Crippen LogP contribution in [-0.2, 0) is 22.6 Å². The van der Waals surface area contributed by atoms with E-state index in [4.69, 9.17) is 0 Å². The Morgan fingerprint density at radius 3 is 2.50 bits per heavy atom. The lowest BCUT2D eigenvalue weighted by Crippen LogP contribution is -2.35. The molecule has 5 rings (SSSR count). The van der Waals surface area contributed by atoms with Gasteiger partial charge in [-0.05, 0) is 49.6 Å². The number of benzene rings is 2. The van der Waals surface area contributed by atoms with Gasteiger partial charge in [0.25, 0.3) is 11.1 Å². The first kappa shape index (κ1) is 26.0. The highest BCUT2D eigenvalue weighted by Crippen LogP contribution is 2.35. The van der Waals surface area contributed by atoms with Gasteiger partial charge in [0.05, 0.1) is 17.0 Å². The van der Waals surface area contributed by atoms with Crippen LogP contribution >= 0.6 is 11.8 Å². The first-order valence-corrected chi connectivity index (χ1v) is 13.9. The van der Waals surface area contributed by atoms with Crippen molar-refractivity contribution >= 4 is 51.6 Å². The molecule has 0 unspecified atom stereocenters. The number of aryl methyl sites for hydroxylation is 2. The monoisotopic (exact) mass is 529 g/mol. The van der Waals surface area contributed by atoms with Gasteiger partial charge < -0.3 is 9.88 Å². The van der Waals surface area contributed by atoms with E-state index in [2.05, 4.69) is 12.2 Å². The summed E-state index contributed by atoms with van der Waals surface area (Å²) in [5.41, 5.74) is 4.31. The highest BCUT2D eigenvalue weighted by atomic mass is 32.2. The van der Waals surface area contributed by atoms with Crippen molar-refractivity contribution in [3.8, 4) is 0 Å². The van der Waals surface area contributed by atoms with Crippen LogP contribution in [0.1, 0.15) is 59.7 Å². The molecule has 0 radical (unpaired) electrons. The maximum Gasteiger partial charge on any atom is 0.293 e. The van der Waals surface area contributed by atoms with Crippen molar-refractivity contribution in [1.82, 2.24) is 14.8 Å². The number of aromatic nitrogens is 1. The van der Waals surface area contributed by atoms with Crippen LogP contribution in [0.2, 0.25) is 0 Å². The number of ketones is 1. The number of nitrogens with zero attached hydrogens (tertiary/aromatic N) is 2. The van der Waals surface area contributed by atoms with Gasteiger partial charge in [-0.1, -0.05) is 67.8 Å². The van der Waals surface area contributed by atoms with Gasteiger partial charge in [-0.2, -0.15) is 0 Å². The van der Waals surface area contributed by atoms with Crippen molar-refractivity contribution in [2.75, 3.05) is 6.54 Å². The van der Waals surface area contributed by atoms with Crippen LogP contribution in [0.25, 0.3) is 17.0 Å². The number of fused-ring (bicyclic) bond motifs is 1. The van der Waals surface area contributed by atoms with Gasteiger partial charge in [-0.25, -0.2) is 0 Å². The maximum atomic E-state index is 13.2. The van der Waals surface area contributed by atoms with Crippen molar-refractivity contribution < 1.29 is 19.2 Å². The number of amides is 3. The molecule has 1 N–H and O–H groups in total. The third-order valence-corrected chi connectivity index (χ3v) is 8.17. The Morgan fingerprint density at radius 2 is 1.79 bits per heavy atom. The number of imide groups is 1. The summed E-state index contributed by atoms with van der Waals surface area (Å²) in [5, 5.41) is 3.60. The minimum absolute atomic E-state index is 0.0267. The topological polar surface area (TPSA) is 88.5 Å². The van der Waals surface area contributed by atoms with Crippen molar-refractivity contribution in [1.29, 1.82) is 0 Å².